The first-order valence-electron chi connectivity index (χ1n) is 16.6. The maximum atomic E-state index is 5.22. The second-order valence-electron chi connectivity index (χ2n) is 12.4. The molecule has 0 radical (unpaired) electrons. The van der Waals surface area contributed by atoms with Gasteiger partial charge in [-0.15, -0.1) is 22.7 Å². The molecule has 0 amide bonds. The summed E-state index contributed by atoms with van der Waals surface area (Å²) in [6.07, 6.45) is 0. The van der Waals surface area contributed by atoms with Crippen molar-refractivity contribution in [2.24, 2.45) is 0 Å². The number of rotatable bonds is 5. The van der Waals surface area contributed by atoms with E-state index >= 15 is 0 Å². The standard InChI is InChI=1S/C45H27N3S2/c1-3-12-28(13-4-1)30-16-9-17-31(26-30)43-46-44(48-45(47-43)37-21-10-20-35-34-18-7-8-22-38(34)50-42(35)37)32-24-25-36-40(27-32)49-39-23-11-19-33(41(36)39)29-14-5-2-6-15-29/h1-27H. The quantitative estimate of drug-likeness (QED) is 0.182. The maximum Gasteiger partial charge on any atom is 0.165 e. The summed E-state index contributed by atoms with van der Waals surface area (Å²) in [6.45, 7) is 0. The van der Waals surface area contributed by atoms with Crippen molar-refractivity contribution in [1.29, 1.82) is 0 Å². The van der Waals surface area contributed by atoms with E-state index in [1.807, 2.05) is 17.4 Å². The van der Waals surface area contributed by atoms with E-state index in [0.29, 0.717) is 17.5 Å². The Hall–Kier alpha value is -6.01. The summed E-state index contributed by atoms with van der Waals surface area (Å²) >= 11 is 3.61. The minimum atomic E-state index is 0.656. The molecule has 0 unspecified atom stereocenters. The highest BCUT2D eigenvalue weighted by atomic mass is 32.1. The molecule has 5 heteroatoms. The number of hydrogen-bond acceptors (Lipinski definition) is 5. The van der Waals surface area contributed by atoms with Gasteiger partial charge in [-0.2, -0.15) is 0 Å². The first-order chi connectivity index (χ1) is 24.8. The fourth-order valence-electron chi connectivity index (χ4n) is 6.97. The highest BCUT2D eigenvalue weighted by molar-refractivity contribution is 7.26. The van der Waals surface area contributed by atoms with E-state index in [1.165, 1.54) is 51.5 Å². The van der Waals surface area contributed by atoms with Gasteiger partial charge in [0, 0.05) is 57.0 Å². The zero-order chi connectivity index (χ0) is 33.0. The molecule has 10 rings (SSSR count). The van der Waals surface area contributed by atoms with Gasteiger partial charge in [0.25, 0.3) is 0 Å². The molecule has 234 valence electrons. The van der Waals surface area contributed by atoms with Gasteiger partial charge in [0.1, 0.15) is 0 Å². The van der Waals surface area contributed by atoms with Crippen molar-refractivity contribution in [2.75, 3.05) is 0 Å². The van der Waals surface area contributed by atoms with E-state index in [9.17, 15) is 0 Å². The summed E-state index contributed by atoms with van der Waals surface area (Å²) < 4.78 is 4.92. The first kappa shape index (κ1) is 29.0. The van der Waals surface area contributed by atoms with Crippen LogP contribution in [0.3, 0.4) is 0 Å². The van der Waals surface area contributed by atoms with Gasteiger partial charge in [0.15, 0.2) is 17.5 Å². The molecule has 3 heterocycles. The number of fused-ring (bicyclic) bond motifs is 6. The lowest BCUT2D eigenvalue weighted by Crippen LogP contribution is -2.00. The normalized spacial score (nSPS) is 11.6. The summed E-state index contributed by atoms with van der Waals surface area (Å²) in [5.41, 5.74) is 7.70. The predicted octanol–water partition coefficient (Wildman–Crippen LogP) is 12.9. The summed E-state index contributed by atoms with van der Waals surface area (Å²) in [6, 6.07) is 57.9. The van der Waals surface area contributed by atoms with E-state index in [4.69, 9.17) is 15.0 Å². The van der Waals surface area contributed by atoms with Crippen molar-refractivity contribution in [1.82, 2.24) is 15.0 Å². The zero-order valence-electron chi connectivity index (χ0n) is 26.7. The van der Waals surface area contributed by atoms with Crippen molar-refractivity contribution in [3.8, 4) is 56.4 Å². The number of hydrogen-bond donors (Lipinski definition) is 0. The second-order valence-corrected chi connectivity index (χ2v) is 14.5. The predicted molar refractivity (Wildman–Crippen MR) is 213 cm³/mol. The van der Waals surface area contributed by atoms with Crippen LogP contribution in [-0.4, -0.2) is 15.0 Å². The van der Waals surface area contributed by atoms with Gasteiger partial charge >= 0.3 is 0 Å². The third-order valence-corrected chi connectivity index (χ3v) is 11.7. The lowest BCUT2D eigenvalue weighted by atomic mass is 9.99. The Morgan fingerprint density at radius 1 is 0.320 bits per heavy atom. The molecule has 0 aliphatic rings. The molecule has 0 fully saturated rings. The van der Waals surface area contributed by atoms with Crippen LogP contribution in [-0.2, 0) is 0 Å². The van der Waals surface area contributed by atoms with Gasteiger partial charge in [-0.05, 0) is 52.6 Å². The largest absolute Gasteiger partial charge is 0.208 e. The molecule has 7 aromatic carbocycles. The van der Waals surface area contributed by atoms with Crippen LogP contribution in [0.5, 0.6) is 0 Å². The van der Waals surface area contributed by atoms with Crippen molar-refractivity contribution in [3.63, 3.8) is 0 Å². The van der Waals surface area contributed by atoms with Crippen LogP contribution in [0.15, 0.2) is 164 Å². The van der Waals surface area contributed by atoms with Gasteiger partial charge in [0.05, 0.1) is 0 Å². The van der Waals surface area contributed by atoms with Crippen molar-refractivity contribution in [3.05, 3.63) is 164 Å². The Balaban J connectivity index is 1.18. The van der Waals surface area contributed by atoms with Gasteiger partial charge in [0.2, 0.25) is 0 Å². The number of nitrogens with zero attached hydrogens (tertiary/aromatic N) is 3. The highest BCUT2D eigenvalue weighted by Gasteiger charge is 2.18. The van der Waals surface area contributed by atoms with E-state index in [0.717, 1.165) is 27.8 Å². The number of thiophene rings is 2. The van der Waals surface area contributed by atoms with Crippen LogP contribution in [0, 0.1) is 0 Å². The molecule has 0 spiro atoms. The van der Waals surface area contributed by atoms with Crippen molar-refractivity contribution >= 4 is 63.0 Å². The molecule has 0 bridgehead atoms. The molecule has 10 aromatic rings. The molecule has 0 saturated carbocycles. The van der Waals surface area contributed by atoms with Crippen LogP contribution in [0.4, 0.5) is 0 Å². The summed E-state index contributed by atoms with van der Waals surface area (Å²) in [5.74, 6) is 2.00. The molecule has 3 nitrogen and oxygen atoms in total. The highest BCUT2D eigenvalue weighted by Crippen LogP contribution is 2.42. The third kappa shape index (κ3) is 4.90. The summed E-state index contributed by atoms with van der Waals surface area (Å²) in [5, 5.41) is 5.01. The fourth-order valence-corrected chi connectivity index (χ4v) is 9.35. The molecule has 0 N–H and O–H groups in total. The van der Waals surface area contributed by atoms with E-state index in [-0.39, 0.29) is 0 Å². The molecular formula is C45H27N3S2. The smallest absolute Gasteiger partial charge is 0.165 e. The molecule has 50 heavy (non-hydrogen) atoms. The monoisotopic (exact) mass is 673 g/mol. The van der Waals surface area contributed by atoms with Crippen molar-refractivity contribution in [2.45, 2.75) is 0 Å². The Morgan fingerprint density at radius 2 is 0.920 bits per heavy atom. The topological polar surface area (TPSA) is 38.7 Å². The van der Waals surface area contributed by atoms with E-state index in [1.54, 1.807) is 11.3 Å². The molecular weight excluding hydrogens is 647 g/mol. The third-order valence-electron chi connectivity index (χ3n) is 9.35. The van der Waals surface area contributed by atoms with Crippen LogP contribution in [0.1, 0.15) is 0 Å². The van der Waals surface area contributed by atoms with Gasteiger partial charge in [-0.3, -0.25) is 0 Å². The number of aromatic nitrogens is 3. The van der Waals surface area contributed by atoms with E-state index < -0.39 is 0 Å². The molecule has 0 saturated heterocycles. The zero-order valence-corrected chi connectivity index (χ0v) is 28.4. The van der Waals surface area contributed by atoms with Crippen molar-refractivity contribution < 1.29 is 0 Å². The Kier molecular flexibility index (Phi) is 6.86. The van der Waals surface area contributed by atoms with Crippen LogP contribution in [0.2, 0.25) is 0 Å². The van der Waals surface area contributed by atoms with Crippen LogP contribution >= 0.6 is 22.7 Å². The summed E-state index contributed by atoms with van der Waals surface area (Å²) in [7, 11) is 0. The molecule has 0 aliphatic heterocycles. The van der Waals surface area contributed by atoms with Gasteiger partial charge < -0.3 is 0 Å². The second kappa shape index (κ2) is 11.8. The average molecular weight is 674 g/mol. The molecule has 3 aromatic heterocycles. The minimum absolute atomic E-state index is 0.656. The first-order valence-corrected chi connectivity index (χ1v) is 18.2. The summed E-state index contributed by atoms with van der Waals surface area (Å²) in [4.78, 5) is 15.6. The Bertz CT molecular complexity index is 2870. The van der Waals surface area contributed by atoms with E-state index in [2.05, 4.69) is 158 Å². The fraction of sp³-hybridized carbons (Fsp3) is 0. The molecule has 0 aliphatic carbocycles. The lowest BCUT2D eigenvalue weighted by Gasteiger charge is -2.10. The average Bonchev–Trinajstić information content (AvgIpc) is 3.77. The van der Waals surface area contributed by atoms with Gasteiger partial charge in [-0.25, -0.2) is 15.0 Å². The minimum Gasteiger partial charge on any atom is -0.208 e. The SMILES string of the molecule is c1ccc(-c2cccc(-c3nc(-c4ccc5c(c4)sc4cccc(-c6ccccc6)c45)nc(-c4cccc5c4sc4ccccc45)n3)c2)cc1. The number of benzene rings is 7. The van der Waals surface area contributed by atoms with Gasteiger partial charge in [-0.1, -0.05) is 133 Å². The molecule has 0 atom stereocenters. The lowest BCUT2D eigenvalue weighted by molar-refractivity contribution is 1.08. The maximum absolute atomic E-state index is 5.22. The Labute approximate surface area is 296 Å². The van der Waals surface area contributed by atoms with Crippen LogP contribution in [0.25, 0.3) is 96.8 Å². The Morgan fingerprint density at radius 3 is 1.76 bits per heavy atom. The van der Waals surface area contributed by atoms with Crippen LogP contribution < -0.4 is 0 Å².